The summed E-state index contributed by atoms with van der Waals surface area (Å²) in [6, 6.07) is 0. The van der Waals surface area contributed by atoms with Gasteiger partial charge in [0.2, 0.25) is 17.8 Å². The van der Waals surface area contributed by atoms with Crippen molar-refractivity contribution in [3.05, 3.63) is 0 Å². The van der Waals surface area contributed by atoms with E-state index in [0.29, 0.717) is 0 Å². The fourth-order valence-electron chi connectivity index (χ4n) is 0.427. The zero-order valence-electron chi connectivity index (χ0n) is 6.94. The van der Waals surface area contributed by atoms with Gasteiger partial charge in [-0.3, -0.25) is 0 Å². The molecule has 0 atom stereocenters. The molecule has 0 aromatic carbocycles. The second kappa shape index (κ2) is 12.5. The Hall–Kier alpha value is -0.541. The van der Waals surface area contributed by atoms with Crippen LogP contribution in [0.15, 0.2) is 0 Å². The van der Waals surface area contributed by atoms with Gasteiger partial charge in [-0.1, -0.05) is 0 Å². The maximum absolute atomic E-state index is 8.00. The summed E-state index contributed by atoms with van der Waals surface area (Å²) < 4.78 is 0. The van der Waals surface area contributed by atoms with Gasteiger partial charge in [-0.05, 0) is 0 Å². The van der Waals surface area contributed by atoms with E-state index >= 15 is 0 Å². The Morgan fingerprint density at radius 2 is 0.929 bits per heavy atom. The molecule has 6 N–H and O–H groups in total. The van der Waals surface area contributed by atoms with Crippen LogP contribution in [0.2, 0.25) is 0 Å². The molecule has 0 spiro atoms. The van der Waals surface area contributed by atoms with E-state index < -0.39 is 0 Å². The van der Waals surface area contributed by atoms with Crippen molar-refractivity contribution in [1.82, 2.24) is 15.0 Å². The van der Waals surface area contributed by atoms with E-state index in [-0.39, 0.29) is 66.6 Å². The number of rotatable bonds is 0. The molecule has 0 aliphatic heterocycles. The SMILES string of the molecule is C=O.Nc1nc(N)nc(N)n1.[Cl-].[Cl-].[Sn+2]. The van der Waals surface area contributed by atoms with Crippen LogP contribution in [0.25, 0.3) is 0 Å². The Balaban J connectivity index is -0.0000000942. The van der Waals surface area contributed by atoms with Crippen LogP contribution in [0.5, 0.6) is 0 Å². The largest absolute Gasteiger partial charge is 2.00 e. The molecule has 0 fully saturated rings. The molecule has 1 rings (SSSR count). The Bertz CT molecular complexity index is 201. The maximum Gasteiger partial charge on any atom is 2.00 e. The van der Waals surface area contributed by atoms with Crippen molar-refractivity contribution in [2.45, 2.75) is 0 Å². The molecule has 1 aromatic heterocycles. The number of hydrogen-bond donors (Lipinski definition) is 3. The summed E-state index contributed by atoms with van der Waals surface area (Å²) in [5.41, 5.74) is 15.4. The van der Waals surface area contributed by atoms with Gasteiger partial charge in [0.1, 0.15) is 6.79 Å². The first-order valence-electron chi connectivity index (χ1n) is 2.50. The summed E-state index contributed by atoms with van der Waals surface area (Å²) in [6.07, 6.45) is 0. The van der Waals surface area contributed by atoms with Gasteiger partial charge in [-0.15, -0.1) is 0 Å². The molecule has 10 heteroatoms. The number of nitrogens with two attached hydrogens (primary N) is 3. The zero-order valence-corrected chi connectivity index (χ0v) is 11.3. The van der Waals surface area contributed by atoms with Gasteiger partial charge in [0, 0.05) is 0 Å². The first kappa shape index (κ1) is 23.3. The molecular formula is C4H8Cl2N6OSn. The monoisotopic (exact) mass is 346 g/mol. The third kappa shape index (κ3) is 9.55. The third-order valence-corrected chi connectivity index (χ3v) is 0.687. The van der Waals surface area contributed by atoms with Gasteiger partial charge in [0.15, 0.2) is 0 Å². The average Bonchev–Trinajstić information content (AvgIpc) is 1.88. The number of carbonyl (C=O) groups excluding carboxylic acids is 1. The van der Waals surface area contributed by atoms with Crippen molar-refractivity contribution in [2.24, 2.45) is 0 Å². The van der Waals surface area contributed by atoms with Crippen molar-refractivity contribution >= 4 is 48.5 Å². The molecule has 0 aliphatic carbocycles. The quantitative estimate of drug-likeness (QED) is 0.398. The minimum atomic E-state index is 0. The summed E-state index contributed by atoms with van der Waals surface area (Å²) in [4.78, 5) is 18.5. The minimum absolute atomic E-state index is 0. The first-order valence-corrected chi connectivity index (χ1v) is 2.50. The Morgan fingerprint density at radius 3 is 1.07 bits per heavy atom. The molecule has 78 valence electrons. The van der Waals surface area contributed by atoms with Gasteiger partial charge in [-0.25, -0.2) is 0 Å². The number of carbonyl (C=O) groups is 1. The van der Waals surface area contributed by atoms with E-state index in [1.165, 1.54) is 0 Å². The maximum atomic E-state index is 8.00. The number of nitrogens with zero attached hydrogens (tertiary/aromatic N) is 3. The van der Waals surface area contributed by atoms with Gasteiger partial charge in [0.25, 0.3) is 0 Å². The van der Waals surface area contributed by atoms with Crippen LogP contribution in [0, 0.1) is 0 Å². The summed E-state index contributed by atoms with van der Waals surface area (Å²) in [6.45, 7) is 2.00. The third-order valence-electron chi connectivity index (χ3n) is 0.687. The fourth-order valence-corrected chi connectivity index (χ4v) is 0.427. The fraction of sp³-hybridized carbons (Fsp3) is 0. The molecule has 2 radical (unpaired) electrons. The normalized spacial score (nSPS) is 6.29. The molecule has 0 aliphatic rings. The Labute approximate surface area is 110 Å². The van der Waals surface area contributed by atoms with Crippen molar-refractivity contribution in [1.29, 1.82) is 0 Å². The van der Waals surface area contributed by atoms with Crippen LogP contribution in [-0.2, 0) is 4.79 Å². The number of hydrogen-bond acceptors (Lipinski definition) is 7. The topological polar surface area (TPSA) is 134 Å². The van der Waals surface area contributed by atoms with E-state index in [1.54, 1.807) is 0 Å². The van der Waals surface area contributed by atoms with E-state index in [9.17, 15) is 0 Å². The van der Waals surface area contributed by atoms with Gasteiger partial charge >= 0.3 is 23.9 Å². The van der Waals surface area contributed by atoms with E-state index in [4.69, 9.17) is 22.0 Å². The van der Waals surface area contributed by atoms with Crippen LogP contribution < -0.4 is 42.0 Å². The summed E-state index contributed by atoms with van der Waals surface area (Å²) in [7, 11) is 0. The van der Waals surface area contributed by atoms with Crippen LogP contribution in [0.3, 0.4) is 0 Å². The molecule has 0 unspecified atom stereocenters. The molecule has 1 heterocycles. The van der Waals surface area contributed by atoms with E-state index in [0.717, 1.165) is 0 Å². The second-order valence-corrected chi connectivity index (χ2v) is 1.41. The van der Waals surface area contributed by atoms with Gasteiger partial charge in [-0.2, -0.15) is 15.0 Å². The molecule has 14 heavy (non-hydrogen) atoms. The van der Waals surface area contributed by atoms with Crippen molar-refractivity contribution < 1.29 is 29.6 Å². The standard InChI is InChI=1S/C3H6N6.CH2O.2ClH.Sn/c4-1-7-2(5)9-3(6)8-1;1-2;;;/h(H6,4,5,6,7,8,9);1H2;2*1H;/q;;;;+2/p-2. The van der Waals surface area contributed by atoms with Crippen LogP contribution in [-0.4, -0.2) is 45.6 Å². The number of aromatic nitrogens is 3. The molecule has 1 aromatic rings. The molecule has 0 bridgehead atoms. The summed E-state index contributed by atoms with van der Waals surface area (Å²) in [5.74, 6) is 0.125. The first-order chi connectivity index (χ1) is 5.18. The smallest absolute Gasteiger partial charge is 1.00 e. The van der Waals surface area contributed by atoms with Gasteiger partial charge < -0.3 is 46.8 Å². The molecule has 7 nitrogen and oxygen atoms in total. The van der Waals surface area contributed by atoms with Crippen LogP contribution >= 0.6 is 0 Å². The molecule has 0 saturated carbocycles. The van der Waals surface area contributed by atoms with E-state index in [2.05, 4.69) is 15.0 Å². The Kier molecular flexibility index (Phi) is 20.8. The van der Waals surface area contributed by atoms with Crippen LogP contribution in [0.1, 0.15) is 0 Å². The van der Waals surface area contributed by atoms with Crippen LogP contribution in [0.4, 0.5) is 17.8 Å². The molecular weight excluding hydrogens is 338 g/mol. The van der Waals surface area contributed by atoms with Gasteiger partial charge in [0.05, 0.1) is 0 Å². The van der Waals surface area contributed by atoms with Crippen molar-refractivity contribution in [2.75, 3.05) is 17.2 Å². The number of halogens is 2. The predicted octanol–water partition coefficient (Wildman–Crippen LogP) is -7.94. The molecule has 0 amide bonds. The average molecular weight is 346 g/mol. The van der Waals surface area contributed by atoms with Crippen molar-refractivity contribution in [3.63, 3.8) is 0 Å². The summed E-state index contributed by atoms with van der Waals surface area (Å²) >= 11 is 0. The predicted molar refractivity (Wildman–Crippen MR) is 45.9 cm³/mol. The number of nitrogen functional groups attached to an aromatic ring is 3. The summed E-state index contributed by atoms with van der Waals surface area (Å²) in [5, 5.41) is 0. The zero-order chi connectivity index (χ0) is 8.85. The van der Waals surface area contributed by atoms with E-state index in [1.807, 2.05) is 6.79 Å². The minimum Gasteiger partial charge on any atom is -1.00 e. The molecule has 0 saturated heterocycles. The van der Waals surface area contributed by atoms with Crippen molar-refractivity contribution in [3.8, 4) is 0 Å². The Morgan fingerprint density at radius 1 is 0.786 bits per heavy atom. The second-order valence-electron chi connectivity index (χ2n) is 1.41. The number of anilines is 3.